The van der Waals surface area contributed by atoms with Crippen molar-refractivity contribution >= 4 is 0 Å². The number of aryl methyl sites for hydroxylation is 1. The van der Waals surface area contributed by atoms with E-state index in [0.717, 1.165) is 17.9 Å². The van der Waals surface area contributed by atoms with Crippen LogP contribution in [0.15, 0.2) is 47.7 Å². The van der Waals surface area contributed by atoms with Gasteiger partial charge in [-0.1, -0.05) is 0 Å². The van der Waals surface area contributed by atoms with E-state index in [9.17, 15) is 4.79 Å². The molecule has 0 spiro atoms. The summed E-state index contributed by atoms with van der Waals surface area (Å²) in [5.74, 6) is 2.55. The van der Waals surface area contributed by atoms with Crippen molar-refractivity contribution in [3.63, 3.8) is 0 Å². The summed E-state index contributed by atoms with van der Waals surface area (Å²) in [6.45, 7) is 2.49. The summed E-state index contributed by atoms with van der Waals surface area (Å²) < 4.78 is 12.7. The average Bonchev–Trinajstić information content (AvgIpc) is 3.54. The zero-order valence-electron chi connectivity index (χ0n) is 17.0. The van der Waals surface area contributed by atoms with E-state index in [1.807, 2.05) is 12.1 Å². The summed E-state index contributed by atoms with van der Waals surface area (Å²) in [7, 11) is 1.63. The molecule has 1 fully saturated rings. The molecule has 0 aliphatic heterocycles. The smallest absolute Gasteiger partial charge is 0.251 e. The number of aliphatic hydroxyl groups excluding tert-OH is 1. The van der Waals surface area contributed by atoms with Gasteiger partial charge in [-0.05, 0) is 37.1 Å². The van der Waals surface area contributed by atoms with Gasteiger partial charge in [0, 0.05) is 42.5 Å². The van der Waals surface area contributed by atoms with E-state index < -0.39 is 0 Å². The van der Waals surface area contributed by atoms with Gasteiger partial charge >= 0.3 is 0 Å². The lowest BCUT2D eigenvalue weighted by molar-refractivity contribution is 0.274. The van der Waals surface area contributed by atoms with Gasteiger partial charge in [0.1, 0.15) is 11.6 Å². The second kappa shape index (κ2) is 8.62. The maximum Gasteiger partial charge on any atom is 0.251 e. The second-order valence-electron chi connectivity index (χ2n) is 7.34. The first kappa shape index (κ1) is 20.0. The van der Waals surface area contributed by atoms with Gasteiger partial charge in [-0.2, -0.15) is 4.98 Å². The van der Waals surface area contributed by atoms with Gasteiger partial charge in [0.2, 0.25) is 5.88 Å². The number of pyridine rings is 2. The van der Waals surface area contributed by atoms with Crippen molar-refractivity contribution in [2.45, 2.75) is 25.8 Å². The Balaban J connectivity index is 1.48. The van der Waals surface area contributed by atoms with Crippen molar-refractivity contribution in [1.29, 1.82) is 0 Å². The van der Waals surface area contributed by atoms with Crippen molar-refractivity contribution in [3.05, 3.63) is 64.7 Å². The average molecular weight is 408 g/mol. The molecular weight excluding hydrogens is 384 g/mol. The lowest BCUT2D eigenvalue weighted by Crippen LogP contribution is -2.20. The summed E-state index contributed by atoms with van der Waals surface area (Å²) in [6.07, 6.45) is 6.08. The predicted octanol–water partition coefficient (Wildman–Crippen LogP) is 2.19. The van der Waals surface area contributed by atoms with E-state index in [0.29, 0.717) is 41.3 Å². The van der Waals surface area contributed by atoms with Crippen LogP contribution >= 0.6 is 0 Å². The Labute approximate surface area is 174 Å². The lowest BCUT2D eigenvalue weighted by Gasteiger charge is -2.12. The highest BCUT2D eigenvalue weighted by Crippen LogP contribution is 2.47. The van der Waals surface area contributed by atoms with Crippen molar-refractivity contribution in [2.75, 3.05) is 20.3 Å². The molecule has 0 amide bonds. The highest BCUT2D eigenvalue weighted by Gasteiger charge is 2.40. The summed E-state index contributed by atoms with van der Waals surface area (Å²) in [5.41, 5.74) is 2.21. The number of nitrogens with zero attached hydrogens (tertiary/aromatic N) is 4. The van der Waals surface area contributed by atoms with Crippen LogP contribution in [0.25, 0.3) is 11.1 Å². The molecule has 1 aliphatic rings. The molecule has 0 bridgehead atoms. The lowest BCUT2D eigenvalue weighted by atomic mass is 10.1. The molecule has 0 aromatic carbocycles. The highest BCUT2D eigenvalue weighted by molar-refractivity contribution is 5.67. The normalized spacial score (nSPS) is 17.6. The summed E-state index contributed by atoms with van der Waals surface area (Å²) in [5, 5.41) is 9.05. The summed E-state index contributed by atoms with van der Waals surface area (Å²) in [4.78, 5) is 25.4. The molecular formula is C22H24N4O4. The van der Waals surface area contributed by atoms with Gasteiger partial charge in [0.05, 0.1) is 32.1 Å². The van der Waals surface area contributed by atoms with Crippen LogP contribution in [-0.4, -0.2) is 44.9 Å². The van der Waals surface area contributed by atoms with Gasteiger partial charge in [-0.25, -0.2) is 4.98 Å². The van der Waals surface area contributed by atoms with Crippen molar-refractivity contribution in [3.8, 4) is 22.8 Å². The summed E-state index contributed by atoms with van der Waals surface area (Å²) >= 11 is 0. The maximum atomic E-state index is 12.3. The Morgan fingerprint density at radius 3 is 2.80 bits per heavy atom. The summed E-state index contributed by atoms with van der Waals surface area (Å²) in [6, 6.07) is 7.23. The fraction of sp³-hybridized carbons (Fsp3) is 0.364. The minimum atomic E-state index is -0.194. The zero-order valence-corrected chi connectivity index (χ0v) is 17.0. The molecule has 2 atom stereocenters. The monoisotopic (exact) mass is 408 g/mol. The Morgan fingerprint density at radius 1 is 1.23 bits per heavy atom. The standard InChI is InChI=1S/C22H24N4O4/c1-14-23-12-19(15-5-6-26(7-8-27)21(28)10-15)22(25-14)30-13-16-9-18(16)20-4-3-17(29-2)11-24-20/h3-6,10-12,16,18,27H,7-9,13H2,1-2H3. The predicted molar refractivity (Wildman–Crippen MR) is 111 cm³/mol. The Morgan fingerprint density at radius 2 is 2.10 bits per heavy atom. The molecule has 8 nitrogen and oxygen atoms in total. The van der Waals surface area contributed by atoms with Crippen LogP contribution < -0.4 is 15.0 Å². The first-order chi connectivity index (χ1) is 14.6. The first-order valence-corrected chi connectivity index (χ1v) is 9.87. The molecule has 3 heterocycles. The molecule has 1 aliphatic carbocycles. The topological polar surface area (TPSA) is 99.4 Å². The quantitative estimate of drug-likeness (QED) is 0.610. The molecule has 0 radical (unpaired) electrons. The first-order valence-electron chi connectivity index (χ1n) is 9.87. The number of aliphatic hydroxyl groups is 1. The Hall–Kier alpha value is -3.26. The van der Waals surface area contributed by atoms with Gasteiger partial charge in [0.25, 0.3) is 5.56 Å². The van der Waals surface area contributed by atoms with Gasteiger partial charge in [0.15, 0.2) is 0 Å². The second-order valence-corrected chi connectivity index (χ2v) is 7.34. The van der Waals surface area contributed by atoms with Crippen LogP contribution in [0.1, 0.15) is 23.9 Å². The van der Waals surface area contributed by atoms with E-state index >= 15 is 0 Å². The molecule has 3 aromatic heterocycles. The number of methoxy groups -OCH3 is 1. The number of hydrogen-bond acceptors (Lipinski definition) is 7. The molecule has 1 saturated carbocycles. The van der Waals surface area contributed by atoms with Crippen LogP contribution in [0.4, 0.5) is 0 Å². The van der Waals surface area contributed by atoms with Crippen molar-refractivity contribution < 1.29 is 14.6 Å². The minimum absolute atomic E-state index is 0.0904. The van der Waals surface area contributed by atoms with E-state index in [2.05, 4.69) is 15.0 Å². The molecule has 156 valence electrons. The molecule has 4 rings (SSSR count). The van der Waals surface area contributed by atoms with Gasteiger partial charge < -0.3 is 19.1 Å². The number of hydrogen-bond donors (Lipinski definition) is 1. The zero-order chi connectivity index (χ0) is 21.1. The van der Waals surface area contributed by atoms with Crippen LogP contribution in [0.2, 0.25) is 0 Å². The number of ether oxygens (including phenoxy) is 2. The van der Waals surface area contributed by atoms with E-state index in [4.69, 9.17) is 14.6 Å². The number of rotatable bonds is 8. The van der Waals surface area contributed by atoms with Gasteiger partial charge in [-0.3, -0.25) is 9.78 Å². The fourth-order valence-electron chi connectivity index (χ4n) is 3.44. The molecule has 0 saturated heterocycles. The third kappa shape index (κ3) is 4.33. The van der Waals surface area contributed by atoms with E-state index in [-0.39, 0.29) is 18.7 Å². The minimum Gasteiger partial charge on any atom is -0.495 e. The third-order valence-electron chi connectivity index (χ3n) is 5.25. The van der Waals surface area contributed by atoms with Crippen molar-refractivity contribution in [2.24, 2.45) is 5.92 Å². The highest BCUT2D eigenvalue weighted by atomic mass is 16.5. The fourth-order valence-corrected chi connectivity index (χ4v) is 3.44. The molecule has 1 N–H and O–H groups in total. The van der Waals surface area contributed by atoms with E-state index in [1.54, 1.807) is 38.7 Å². The van der Waals surface area contributed by atoms with Crippen LogP contribution in [-0.2, 0) is 6.54 Å². The van der Waals surface area contributed by atoms with E-state index in [1.165, 1.54) is 10.6 Å². The van der Waals surface area contributed by atoms with Crippen LogP contribution in [0.3, 0.4) is 0 Å². The van der Waals surface area contributed by atoms with Crippen LogP contribution in [0.5, 0.6) is 11.6 Å². The van der Waals surface area contributed by atoms with Crippen LogP contribution in [0, 0.1) is 12.8 Å². The molecule has 8 heteroatoms. The third-order valence-corrected chi connectivity index (χ3v) is 5.25. The SMILES string of the molecule is COc1ccc(C2CC2COc2nc(C)ncc2-c2ccn(CCO)c(=O)c2)nc1. The Bertz CT molecular complexity index is 1080. The molecule has 30 heavy (non-hydrogen) atoms. The Kier molecular flexibility index (Phi) is 5.76. The maximum absolute atomic E-state index is 12.3. The van der Waals surface area contributed by atoms with Crippen molar-refractivity contribution in [1.82, 2.24) is 19.5 Å². The molecule has 2 unspecified atom stereocenters. The largest absolute Gasteiger partial charge is 0.495 e. The number of aromatic nitrogens is 4. The molecule has 3 aromatic rings. The van der Waals surface area contributed by atoms with Gasteiger partial charge in [-0.15, -0.1) is 0 Å².